The van der Waals surface area contributed by atoms with Gasteiger partial charge in [-0.3, -0.25) is 9.13 Å². The minimum Gasteiger partial charge on any atom is -0.296 e. The van der Waals surface area contributed by atoms with Gasteiger partial charge in [-0.15, -0.1) is 22.7 Å². The third kappa shape index (κ3) is 4.08. The second-order valence-electron chi connectivity index (χ2n) is 11.8. The fourth-order valence-corrected chi connectivity index (χ4v) is 9.65. The molecule has 0 N–H and O–H groups in total. The zero-order valence-electron chi connectivity index (χ0n) is 23.3. The van der Waals surface area contributed by atoms with E-state index in [0.29, 0.717) is 21.6 Å². The first kappa shape index (κ1) is 25.7. The highest BCUT2D eigenvalue weighted by Gasteiger charge is 2.27. The van der Waals surface area contributed by atoms with E-state index < -0.39 is 0 Å². The van der Waals surface area contributed by atoms with Gasteiger partial charge >= 0.3 is 0 Å². The summed E-state index contributed by atoms with van der Waals surface area (Å²) in [7, 11) is 0. The normalized spacial score (nSPS) is 16.8. The highest BCUT2D eigenvalue weighted by atomic mass is 32.2. The average Bonchev–Trinajstić information content (AvgIpc) is 3.82. The summed E-state index contributed by atoms with van der Waals surface area (Å²) in [5.41, 5.74) is 8.21. The van der Waals surface area contributed by atoms with E-state index in [1.54, 1.807) is 0 Å². The van der Waals surface area contributed by atoms with Crippen molar-refractivity contribution in [2.75, 3.05) is 0 Å². The van der Waals surface area contributed by atoms with Gasteiger partial charge in [0.1, 0.15) is 34.5 Å². The number of benzene rings is 2. The minimum absolute atomic E-state index is 0.571. The summed E-state index contributed by atoms with van der Waals surface area (Å²) in [6.45, 7) is 0. The molecule has 0 amide bonds. The number of nitrogens with zero attached hydrogens (tertiary/aromatic N) is 6. The highest BCUT2D eigenvalue weighted by molar-refractivity contribution is 7.39. The van der Waals surface area contributed by atoms with Crippen molar-refractivity contribution >= 4 is 54.1 Å². The van der Waals surface area contributed by atoms with Crippen LogP contribution in [0.25, 0.3) is 42.8 Å². The summed E-state index contributed by atoms with van der Waals surface area (Å²) in [4.78, 5) is 10.8. The topological polar surface area (TPSA) is 83.2 Å². The van der Waals surface area contributed by atoms with Crippen molar-refractivity contribution in [3.8, 4) is 23.5 Å². The molecule has 8 rings (SSSR count). The van der Waals surface area contributed by atoms with Gasteiger partial charge < -0.3 is 0 Å². The van der Waals surface area contributed by atoms with E-state index in [2.05, 4.69) is 57.7 Å². The van der Waals surface area contributed by atoms with Crippen LogP contribution in [0.2, 0.25) is 0 Å². The maximum Gasteiger partial charge on any atom is 0.131 e. The lowest BCUT2D eigenvalue weighted by Gasteiger charge is -2.22. The maximum absolute atomic E-state index is 10.3. The molecule has 4 aromatic heterocycles. The molecule has 2 fully saturated rings. The summed E-state index contributed by atoms with van der Waals surface area (Å²) >= 11 is 2.93. The van der Waals surface area contributed by atoms with Crippen molar-refractivity contribution in [2.24, 2.45) is 0 Å². The Morgan fingerprint density at radius 3 is 1.52 bits per heavy atom. The Morgan fingerprint density at radius 1 is 0.643 bits per heavy atom. The molecule has 0 spiro atoms. The number of fused-ring (bicyclic) bond motifs is 3. The number of aromatic nitrogens is 4. The van der Waals surface area contributed by atoms with Crippen LogP contribution < -0.4 is 0 Å². The predicted octanol–water partition coefficient (Wildman–Crippen LogP) is 9.48. The molecule has 42 heavy (non-hydrogen) atoms. The molecule has 0 bridgehead atoms. The summed E-state index contributed by atoms with van der Waals surface area (Å²) in [6, 6.07) is 18.2. The van der Waals surface area contributed by atoms with Crippen molar-refractivity contribution in [1.82, 2.24) is 19.1 Å². The van der Waals surface area contributed by atoms with Crippen molar-refractivity contribution < 1.29 is 0 Å². The zero-order valence-corrected chi connectivity index (χ0v) is 25.0. The van der Waals surface area contributed by atoms with Crippen molar-refractivity contribution in [3.63, 3.8) is 0 Å². The second kappa shape index (κ2) is 10.4. The van der Waals surface area contributed by atoms with Crippen molar-refractivity contribution in [3.05, 3.63) is 69.9 Å². The van der Waals surface area contributed by atoms with Crippen LogP contribution in [0.15, 0.2) is 49.1 Å². The van der Waals surface area contributed by atoms with Gasteiger partial charge in [-0.25, -0.2) is 9.97 Å². The molecule has 6 aromatic rings. The second-order valence-corrected chi connectivity index (χ2v) is 14.1. The van der Waals surface area contributed by atoms with Crippen LogP contribution in [-0.2, 0) is 0 Å². The van der Waals surface area contributed by atoms with Gasteiger partial charge in [-0.2, -0.15) is 10.5 Å². The van der Waals surface area contributed by atoms with Gasteiger partial charge in [0.25, 0.3) is 0 Å². The van der Waals surface area contributed by atoms with Crippen LogP contribution in [0.1, 0.15) is 96.9 Å². The van der Waals surface area contributed by atoms with Gasteiger partial charge in [0.05, 0.1) is 42.8 Å². The van der Waals surface area contributed by atoms with Crippen LogP contribution in [-0.4, -0.2) is 19.1 Å². The molecule has 0 aliphatic heterocycles. The Balaban J connectivity index is 1.34. The molecule has 2 aliphatic rings. The summed E-state index contributed by atoms with van der Waals surface area (Å²) in [5, 5.41) is 21.6. The number of rotatable bonds is 4. The minimum atomic E-state index is 0.571. The zero-order chi connectivity index (χ0) is 28.2. The van der Waals surface area contributed by atoms with E-state index in [1.807, 2.05) is 12.7 Å². The predicted molar refractivity (Wildman–Crippen MR) is 170 cm³/mol. The van der Waals surface area contributed by atoms with Crippen molar-refractivity contribution in [2.45, 2.75) is 76.0 Å². The van der Waals surface area contributed by atoms with E-state index in [4.69, 9.17) is 9.97 Å². The molecule has 0 unspecified atom stereocenters. The largest absolute Gasteiger partial charge is 0.296 e. The number of thiophene rings is 2. The summed E-state index contributed by atoms with van der Waals surface area (Å²) in [5.74, 6) is 1.14. The number of nitriles is 2. The monoisotopic (exact) mass is 586 g/mol. The fraction of sp³-hybridized carbons (Fsp3) is 0.353. The van der Waals surface area contributed by atoms with Crippen LogP contribution in [0.4, 0.5) is 0 Å². The third-order valence-corrected chi connectivity index (χ3v) is 11.7. The van der Waals surface area contributed by atoms with Gasteiger partial charge in [-0.05, 0) is 72.9 Å². The third-order valence-electron chi connectivity index (χ3n) is 9.48. The maximum atomic E-state index is 10.3. The quantitative estimate of drug-likeness (QED) is 0.206. The number of hydrogen-bond acceptors (Lipinski definition) is 6. The Labute approximate surface area is 252 Å². The fourth-order valence-electron chi connectivity index (χ4n) is 7.33. The number of hydrogen-bond donors (Lipinski definition) is 0. The molecule has 0 saturated heterocycles. The lowest BCUT2D eigenvalue weighted by Crippen LogP contribution is -2.05. The lowest BCUT2D eigenvalue weighted by atomic mass is 9.84. The van der Waals surface area contributed by atoms with E-state index in [9.17, 15) is 10.5 Å². The van der Waals surface area contributed by atoms with E-state index in [1.165, 1.54) is 98.0 Å². The molecular formula is C34H30N6S2. The SMILES string of the molecule is N#Cc1sc2sc(C#N)c(-n3cnc4ccc(C5CCCCC5)cc43)c2c1-n1cnc2ccc(C3CCCCC3)cc21. The molecule has 6 nitrogen and oxygen atoms in total. The molecule has 2 aromatic carbocycles. The first-order chi connectivity index (χ1) is 20.7. The first-order valence-electron chi connectivity index (χ1n) is 15.1. The van der Waals surface area contributed by atoms with Gasteiger partial charge in [0, 0.05) is 0 Å². The molecule has 2 saturated carbocycles. The molecule has 0 radical (unpaired) electrons. The standard InChI is InChI=1S/C34H30N6S2/c35-17-29-32(39-19-37-25-13-11-23(15-27(25)39)21-7-3-1-4-8-21)31-33(30(18-36)42-34(31)41-29)40-20-38-26-14-12-24(16-28(26)40)22-9-5-2-6-10-22/h11-16,19-22H,1-10H2. The highest BCUT2D eigenvalue weighted by Crippen LogP contribution is 2.46. The van der Waals surface area contributed by atoms with Gasteiger partial charge in [-0.1, -0.05) is 50.7 Å². The smallest absolute Gasteiger partial charge is 0.131 e. The van der Waals surface area contributed by atoms with Crippen molar-refractivity contribution in [1.29, 1.82) is 10.5 Å². The Bertz CT molecular complexity index is 1900. The molecule has 2 aliphatic carbocycles. The van der Waals surface area contributed by atoms with E-state index >= 15 is 0 Å². The van der Waals surface area contributed by atoms with E-state index in [-0.39, 0.29) is 0 Å². The molecule has 0 atom stereocenters. The molecule has 8 heteroatoms. The van der Waals surface area contributed by atoms with E-state index in [0.717, 1.165) is 42.8 Å². The summed E-state index contributed by atoms with van der Waals surface area (Å²) < 4.78 is 5.15. The van der Waals surface area contributed by atoms with Crippen LogP contribution in [0, 0.1) is 22.7 Å². The first-order valence-corrected chi connectivity index (χ1v) is 16.7. The Kier molecular flexibility index (Phi) is 6.35. The molecule has 208 valence electrons. The van der Waals surface area contributed by atoms with Gasteiger partial charge in [0.2, 0.25) is 0 Å². The number of imidazole rings is 2. The Hall–Kier alpha value is -3.98. The van der Waals surface area contributed by atoms with Crippen LogP contribution in [0.3, 0.4) is 0 Å². The van der Waals surface area contributed by atoms with Crippen LogP contribution >= 0.6 is 22.7 Å². The Morgan fingerprint density at radius 2 is 1.10 bits per heavy atom. The lowest BCUT2D eigenvalue weighted by molar-refractivity contribution is 0.444. The average molecular weight is 587 g/mol. The molecule has 4 heterocycles. The van der Waals surface area contributed by atoms with Crippen LogP contribution in [0.5, 0.6) is 0 Å². The molecular weight excluding hydrogens is 557 g/mol. The van der Waals surface area contributed by atoms with Gasteiger partial charge in [0.15, 0.2) is 0 Å². The summed E-state index contributed by atoms with van der Waals surface area (Å²) in [6.07, 6.45) is 16.4.